The molecular formula is C18H29N5O2. The van der Waals surface area contributed by atoms with Gasteiger partial charge < -0.3 is 10.4 Å². The molecule has 0 aromatic carbocycles. The van der Waals surface area contributed by atoms with E-state index in [4.69, 9.17) is 0 Å². The summed E-state index contributed by atoms with van der Waals surface area (Å²) in [5.41, 5.74) is 0. The van der Waals surface area contributed by atoms with Crippen LogP contribution >= 0.6 is 0 Å². The molecule has 3 saturated heterocycles. The number of carbonyl (C=O) groups is 1. The lowest BCUT2D eigenvalue weighted by atomic mass is 9.72. The number of aliphatic hydroxyl groups excluding tert-OH is 1. The summed E-state index contributed by atoms with van der Waals surface area (Å²) in [5, 5.41) is 17.0. The summed E-state index contributed by atoms with van der Waals surface area (Å²) in [6.07, 6.45) is 6.81. The molecule has 2 bridgehead atoms. The van der Waals surface area contributed by atoms with Crippen LogP contribution in [0.2, 0.25) is 0 Å². The Morgan fingerprint density at radius 1 is 1.36 bits per heavy atom. The second kappa shape index (κ2) is 7.05. The Hall–Kier alpha value is -1.44. The van der Waals surface area contributed by atoms with Crippen molar-refractivity contribution >= 4 is 11.7 Å². The molecule has 0 radical (unpaired) electrons. The van der Waals surface area contributed by atoms with Crippen LogP contribution in [0.15, 0.2) is 12.3 Å². The van der Waals surface area contributed by atoms with E-state index in [2.05, 4.69) is 20.2 Å². The van der Waals surface area contributed by atoms with E-state index in [0.29, 0.717) is 30.2 Å². The van der Waals surface area contributed by atoms with E-state index in [1.54, 1.807) is 4.68 Å². The summed E-state index contributed by atoms with van der Waals surface area (Å²) in [6.45, 7) is 3.67. The predicted molar refractivity (Wildman–Crippen MR) is 95.1 cm³/mol. The third-order valence-corrected chi connectivity index (χ3v) is 6.23. The standard InChI is InChI=1S/C18H29N5O2/c1-21-7-5-17(20-21)19-18(25)11-22-9-13-8-14(10-22)16(12-24)23-6-3-2-4-15(13)23/h5,7,13-16,24H,2-4,6,8-12H2,1H3,(H,19,20,25)/t13-,14+,15+,16+/m1/s1. The molecule has 1 aromatic heterocycles. The molecule has 25 heavy (non-hydrogen) atoms. The van der Waals surface area contributed by atoms with Crippen molar-refractivity contribution in [2.24, 2.45) is 18.9 Å². The van der Waals surface area contributed by atoms with Gasteiger partial charge >= 0.3 is 0 Å². The number of hydrogen-bond acceptors (Lipinski definition) is 5. The number of amides is 1. The lowest BCUT2D eigenvalue weighted by molar-refractivity contribution is -0.121. The Morgan fingerprint density at radius 2 is 2.20 bits per heavy atom. The molecule has 7 heteroatoms. The van der Waals surface area contributed by atoms with Gasteiger partial charge in [0.15, 0.2) is 5.82 Å². The molecule has 0 spiro atoms. The maximum atomic E-state index is 12.4. The number of carbonyl (C=O) groups excluding carboxylic acids is 1. The van der Waals surface area contributed by atoms with Crippen LogP contribution in [-0.2, 0) is 11.8 Å². The van der Waals surface area contributed by atoms with Crippen LogP contribution in [0.5, 0.6) is 0 Å². The Balaban J connectivity index is 1.40. The van der Waals surface area contributed by atoms with Gasteiger partial charge in [0, 0.05) is 44.5 Å². The Labute approximate surface area is 149 Å². The molecule has 4 atom stereocenters. The number of aromatic nitrogens is 2. The number of nitrogens with zero attached hydrogens (tertiary/aromatic N) is 4. The maximum absolute atomic E-state index is 12.4. The molecule has 3 fully saturated rings. The van der Waals surface area contributed by atoms with Gasteiger partial charge in [-0.15, -0.1) is 0 Å². The molecular weight excluding hydrogens is 318 g/mol. The molecule has 3 aliphatic heterocycles. The van der Waals surface area contributed by atoms with Crippen molar-refractivity contribution in [3.05, 3.63) is 12.3 Å². The van der Waals surface area contributed by atoms with E-state index in [0.717, 1.165) is 19.6 Å². The number of anilines is 1. The van der Waals surface area contributed by atoms with Crippen molar-refractivity contribution in [3.63, 3.8) is 0 Å². The Kier molecular flexibility index (Phi) is 4.80. The van der Waals surface area contributed by atoms with E-state index in [1.807, 2.05) is 19.3 Å². The summed E-state index contributed by atoms with van der Waals surface area (Å²) in [4.78, 5) is 17.2. The zero-order chi connectivity index (χ0) is 17.4. The Morgan fingerprint density at radius 3 is 2.96 bits per heavy atom. The van der Waals surface area contributed by atoms with E-state index in [9.17, 15) is 9.90 Å². The summed E-state index contributed by atoms with van der Waals surface area (Å²) >= 11 is 0. The molecule has 7 nitrogen and oxygen atoms in total. The molecule has 138 valence electrons. The third-order valence-electron chi connectivity index (χ3n) is 6.23. The molecule has 4 heterocycles. The van der Waals surface area contributed by atoms with Crippen LogP contribution < -0.4 is 5.32 Å². The molecule has 1 amide bonds. The van der Waals surface area contributed by atoms with Gasteiger partial charge in [0.1, 0.15) is 0 Å². The molecule has 0 unspecified atom stereocenters. The zero-order valence-electron chi connectivity index (χ0n) is 15.0. The van der Waals surface area contributed by atoms with E-state index >= 15 is 0 Å². The number of aliphatic hydroxyl groups is 1. The van der Waals surface area contributed by atoms with Crippen molar-refractivity contribution in [1.29, 1.82) is 0 Å². The largest absolute Gasteiger partial charge is 0.395 e. The van der Waals surface area contributed by atoms with Gasteiger partial charge in [0.2, 0.25) is 5.91 Å². The average molecular weight is 347 g/mol. The maximum Gasteiger partial charge on any atom is 0.239 e. The minimum absolute atomic E-state index is 0.000257. The topological polar surface area (TPSA) is 73.6 Å². The number of likely N-dealkylation sites (tertiary alicyclic amines) is 1. The van der Waals surface area contributed by atoms with Crippen molar-refractivity contribution in [1.82, 2.24) is 19.6 Å². The van der Waals surface area contributed by atoms with Gasteiger partial charge in [-0.1, -0.05) is 6.42 Å². The first-order valence-corrected chi connectivity index (χ1v) is 9.52. The highest BCUT2D eigenvalue weighted by Gasteiger charge is 2.46. The fourth-order valence-electron chi connectivity index (χ4n) is 5.25. The summed E-state index contributed by atoms with van der Waals surface area (Å²) < 4.78 is 1.68. The summed E-state index contributed by atoms with van der Waals surface area (Å²) in [7, 11) is 1.84. The lowest BCUT2D eigenvalue weighted by Gasteiger charge is -2.56. The molecule has 1 aromatic rings. The smallest absolute Gasteiger partial charge is 0.239 e. The summed E-state index contributed by atoms with van der Waals surface area (Å²) in [5.74, 6) is 1.71. The monoisotopic (exact) mass is 347 g/mol. The molecule has 2 N–H and O–H groups in total. The lowest BCUT2D eigenvalue weighted by Crippen LogP contribution is -2.64. The zero-order valence-corrected chi connectivity index (χ0v) is 15.0. The molecule has 3 aliphatic rings. The average Bonchev–Trinajstić information content (AvgIpc) is 3.00. The second-order valence-electron chi connectivity index (χ2n) is 7.92. The quantitative estimate of drug-likeness (QED) is 0.831. The van der Waals surface area contributed by atoms with Gasteiger partial charge in [-0.2, -0.15) is 5.10 Å². The van der Waals surface area contributed by atoms with Crippen molar-refractivity contribution < 1.29 is 9.90 Å². The number of nitrogens with one attached hydrogen (secondary N) is 1. The molecule has 0 saturated carbocycles. The van der Waals surface area contributed by atoms with Crippen LogP contribution in [0.3, 0.4) is 0 Å². The van der Waals surface area contributed by atoms with Gasteiger partial charge in [0.25, 0.3) is 0 Å². The first-order chi connectivity index (χ1) is 12.1. The fraction of sp³-hybridized carbons (Fsp3) is 0.778. The number of hydrogen-bond donors (Lipinski definition) is 2. The first-order valence-electron chi connectivity index (χ1n) is 9.52. The number of piperidine rings is 3. The Bertz CT molecular complexity index is 604. The minimum atomic E-state index is -0.000257. The predicted octanol–water partition coefficient (Wildman–Crippen LogP) is 0.526. The van der Waals surface area contributed by atoms with Gasteiger partial charge in [-0.05, 0) is 37.6 Å². The van der Waals surface area contributed by atoms with Gasteiger partial charge in [0.05, 0.1) is 13.2 Å². The number of aryl methyl sites for hydroxylation is 1. The van der Waals surface area contributed by atoms with Crippen LogP contribution in [0.1, 0.15) is 25.7 Å². The normalized spacial score (nSPS) is 33.0. The van der Waals surface area contributed by atoms with Crippen LogP contribution in [-0.4, -0.2) is 75.5 Å². The molecule has 0 aliphatic carbocycles. The van der Waals surface area contributed by atoms with E-state index in [-0.39, 0.29) is 18.6 Å². The SMILES string of the molecule is Cn1ccc(NC(=O)CN2C[C@H]3C[C@@H](C2)[C@H](CO)N2CCCC[C@@H]32)n1. The third kappa shape index (κ3) is 3.45. The van der Waals surface area contributed by atoms with E-state index < -0.39 is 0 Å². The highest BCUT2D eigenvalue weighted by molar-refractivity contribution is 5.91. The highest BCUT2D eigenvalue weighted by Crippen LogP contribution is 2.40. The number of fused-ring (bicyclic) bond motifs is 4. The van der Waals surface area contributed by atoms with Crippen LogP contribution in [0.4, 0.5) is 5.82 Å². The second-order valence-corrected chi connectivity index (χ2v) is 7.92. The summed E-state index contributed by atoms with van der Waals surface area (Å²) in [6, 6.07) is 2.66. The fourth-order valence-corrected chi connectivity index (χ4v) is 5.25. The molecule has 4 rings (SSSR count). The van der Waals surface area contributed by atoms with Crippen LogP contribution in [0.25, 0.3) is 0 Å². The first kappa shape index (κ1) is 17.0. The number of rotatable bonds is 4. The van der Waals surface area contributed by atoms with Crippen molar-refractivity contribution in [3.8, 4) is 0 Å². The highest BCUT2D eigenvalue weighted by atomic mass is 16.3. The van der Waals surface area contributed by atoms with Crippen LogP contribution in [0, 0.1) is 11.8 Å². The van der Waals surface area contributed by atoms with Crippen molar-refractivity contribution in [2.45, 2.75) is 37.8 Å². The minimum Gasteiger partial charge on any atom is -0.395 e. The van der Waals surface area contributed by atoms with Gasteiger partial charge in [-0.25, -0.2) is 0 Å². The van der Waals surface area contributed by atoms with E-state index in [1.165, 1.54) is 25.7 Å². The van der Waals surface area contributed by atoms with Gasteiger partial charge in [-0.3, -0.25) is 19.3 Å². The van der Waals surface area contributed by atoms with Crippen molar-refractivity contribution in [2.75, 3.05) is 38.1 Å².